The Hall–Kier alpha value is -2.42. The lowest BCUT2D eigenvalue weighted by atomic mass is 9.77. The molecule has 2 atom stereocenters. The summed E-state index contributed by atoms with van der Waals surface area (Å²) in [4.78, 5) is 14.1. The average molecular weight is 508 g/mol. The average Bonchev–Trinajstić information content (AvgIpc) is 3.49. The van der Waals surface area contributed by atoms with E-state index in [9.17, 15) is 0 Å². The summed E-state index contributed by atoms with van der Waals surface area (Å²) in [6, 6.07) is 9.03. The van der Waals surface area contributed by atoms with Crippen LogP contribution in [-0.2, 0) is 9.47 Å². The van der Waals surface area contributed by atoms with Crippen molar-refractivity contribution < 1.29 is 14.2 Å². The lowest BCUT2D eigenvalue weighted by molar-refractivity contribution is -0.0326. The zero-order valence-electron chi connectivity index (χ0n) is 22.3. The molecule has 2 saturated heterocycles. The van der Waals surface area contributed by atoms with Crippen LogP contribution in [0, 0.1) is 5.92 Å². The summed E-state index contributed by atoms with van der Waals surface area (Å²) in [6.07, 6.45) is 8.84. The minimum absolute atomic E-state index is 0.0526. The Morgan fingerprint density at radius 1 is 1.08 bits per heavy atom. The summed E-state index contributed by atoms with van der Waals surface area (Å²) < 4.78 is 17.9. The highest BCUT2D eigenvalue weighted by Crippen LogP contribution is 2.49. The van der Waals surface area contributed by atoms with E-state index in [-0.39, 0.29) is 11.7 Å². The maximum Gasteiger partial charge on any atom is 0.151 e. The first-order valence-electron chi connectivity index (χ1n) is 14.1. The van der Waals surface area contributed by atoms with E-state index in [1.54, 1.807) is 6.33 Å². The van der Waals surface area contributed by atoms with Crippen molar-refractivity contribution in [1.82, 2.24) is 14.9 Å². The van der Waals surface area contributed by atoms with Crippen LogP contribution < -0.4 is 15.4 Å². The molecule has 1 aliphatic carbocycles. The molecule has 8 nitrogen and oxygen atoms in total. The molecule has 1 saturated carbocycles. The molecule has 0 radical (unpaired) electrons. The van der Waals surface area contributed by atoms with E-state index in [1.165, 1.54) is 25.7 Å². The number of hydrogen-bond acceptors (Lipinski definition) is 8. The highest BCUT2D eigenvalue weighted by atomic mass is 16.6. The highest BCUT2D eigenvalue weighted by molar-refractivity contribution is 5.78. The van der Waals surface area contributed by atoms with Crippen LogP contribution in [0.15, 0.2) is 30.6 Å². The van der Waals surface area contributed by atoms with Crippen molar-refractivity contribution in [3.05, 3.63) is 36.3 Å². The molecule has 0 spiro atoms. The molecule has 3 aliphatic heterocycles. The molecule has 8 heteroatoms. The smallest absolute Gasteiger partial charge is 0.151 e. The third kappa shape index (κ3) is 5.29. The molecule has 4 aliphatic rings. The number of nitrogens with zero attached hydrogens (tertiary/aromatic N) is 4. The fourth-order valence-corrected chi connectivity index (χ4v) is 6.87. The van der Waals surface area contributed by atoms with Crippen LogP contribution in [0.2, 0.25) is 0 Å². The van der Waals surface area contributed by atoms with Gasteiger partial charge < -0.3 is 24.8 Å². The fourth-order valence-electron chi connectivity index (χ4n) is 6.87. The molecular weight excluding hydrogens is 466 g/mol. The Morgan fingerprint density at radius 2 is 1.89 bits per heavy atom. The molecule has 0 bridgehead atoms. The standard InChI is InChI=1S/C29H41N5O3/c1-29(2)11-10-24(37-29)18-36-23-5-3-4-22(16-23)34-17-25(26-27(34)28(30)32-19-31-26)20-6-8-21(9-7-20)33-12-14-35-15-13-33/h3-5,16,19-21,24-25H,6-15,17-18H2,1-2H3,(H2,30,31,32). The van der Waals surface area contributed by atoms with Crippen LogP contribution in [0.1, 0.15) is 64.0 Å². The summed E-state index contributed by atoms with van der Waals surface area (Å²) in [7, 11) is 0. The zero-order chi connectivity index (χ0) is 25.4. The third-order valence-corrected chi connectivity index (χ3v) is 8.87. The number of nitrogens with two attached hydrogens (primary N) is 1. The van der Waals surface area contributed by atoms with Crippen molar-refractivity contribution in [3.63, 3.8) is 0 Å². The van der Waals surface area contributed by atoms with Gasteiger partial charge in [-0.2, -0.15) is 0 Å². The Balaban J connectivity index is 1.15. The van der Waals surface area contributed by atoms with E-state index in [1.807, 2.05) is 6.07 Å². The summed E-state index contributed by atoms with van der Waals surface area (Å²) in [5, 5.41) is 0. The molecule has 2 unspecified atom stereocenters. The van der Waals surface area contributed by atoms with Crippen LogP contribution in [0.5, 0.6) is 5.75 Å². The minimum Gasteiger partial charge on any atom is -0.491 e. The van der Waals surface area contributed by atoms with Gasteiger partial charge in [-0.25, -0.2) is 9.97 Å². The van der Waals surface area contributed by atoms with Crippen molar-refractivity contribution in [3.8, 4) is 5.75 Å². The van der Waals surface area contributed by atoms with Crippen LogP contribution in [0.3, 0.4) is 0 Å². The van der Waals surface area contributed by atoms with Gasteiger partial charge in [0.1, 0.15) is 24.4 Å². The van der Waals surface area contributed by atoms with E-state index in [0.717, 1.165) is 68.5 Å². The normalized spacial score (nSPS) is 29.8. The first-order chi connectivity index (χ1) is 18.0. The van der Waals surface area contributed by atoms with Gasteiger partial charge in [0.15, 0.2) is 5.82 Å². The summed E-state index contributed by atoms with van der Waals surface area (Å²) in [6.45, 7) is 9.64. The van der Waals surface area contributed by atoms with Gasteiger partial charge in [-0.05, 0) is 70.4 Å². The maximum absolute atomic E-state index is 6.46. The zero-order valence-corrected chi connectivity index (χ0v) is 22.3. The fraction of sp³-hybridized carbons (Fsp3) is 0.655. The number of morpholine rings is 1. The molecule has 1 aromatic heterocycles. The summed E-state index contributed by atoms with van der Waals surface area (Å²) >= 11 is 0. The van der Waals surface area contributed by atoms with Gasteiger partial charge in [0, 0.05) is 43.3 Å². The molecule has 3 fully saturated rings. The maximum atomic E-state index is 6.46. The van der Waals surface area contributed by atoms with E-state index in [4.69, 9.17) is 24.9 Å². The number of rotatable bonds is 6. The van der Waals surface area contributed by atoms with Gasteiger partial charge in [-0.3, -0.25) is 4.90 Å². The topological polar surface area (TPSA) is 86.0 Å². The Bertz CT molecular complexity index is 1080. The second-order valence-corrected chi connectivity index (χ2v) is 11.8. The Labute approximate surface area is 220 Å². The van der Waals surface area contributed by atoms with Gasteiger partial charge in [0.2, 0.25) is 0 Å². The predicted octanol–water partition coefficient (Wildman–Crippen LogP) is 4.52. The lowest BCUT2D eigenvalue weighted by Crippen LogP contribution is -2.45. The van der Waals surface area contributed by atoms with Gasteiger partial charge >= 0.3 is 0 Å². The minimum atomic E-state index is -0.0526. The summed E-state index contributed by atoms with van der Waals surface area (Å²) in [5.41, 5.74) is 9.56. The molecular formula is C29H41N5O3. The SMILES string of the molecule is CC1(C)CCC(COc2cccc(N3CC(C4CCC(N5CCOCC5)CC4)c4ncnc(N)c43)c2)O1. The number of hydrogen-bond donors (Lipinski definition) is 1. The quantitative estimate of drug-likeness (QED) is 0.611. The van der Waals surface area contributed by atoms with E-state index < -0.39 is 0 Å². The van der Waals surface area contributed by atoms with Crippen molar-refractivity contribution in [2.45, 2.75) is 76.0 Å². The largest absolute Gasteiger partial charge is 0.491 e. The monoisotopic (exact) mass is 507 g/mol. The number of anilines is 3. The van der Waals surface area contributed by atoms with Crippen LogP contribution >= 0.6 is 0 Å². The molecule has 1 aromatic carbocycles. The van der Waals surface area contributed by atoms with Gasteiger partial charge in [0.25, 0.3) is 0 Å². The lowest BCUT2D eigenvalue weighted by Gasteiger charge is -2.40. The molecule has 6 rings (SSSR count). The Kier molecular flexibility index (Phi) is 6.99. The van der Waals surface area contributed by atoms with E-state index >= 15 is 0 Å². The molecule has 2 N–H and O–H groups in total. The summed E-state index contributed by atoms with van der Waals surface area (Å²) in [5.74, 6) is 2.39. The van der Waals surface area contributed by atoms with Gasteiger partial charge in [-0.1, -0.05) is 6.07 Å². The number of aromatic nitrogens is 2. The van der Waals surface area contributed by atoms with Gasteiger partial charge in [-0.15, -0.1) is 0 Å². The third-order valence-electron chi connectivity index (χ3n) is 8.87. The molecule has 37 heavy (non-hydrogen) atoms. The van der Waals surface area contributed by atoms with E-state index in [0.29, 0.717) is 30.3 Å². The number of benzene rings is 1. The molecule has 0 amide bonds. The highest BCUT2D eigenvalue weighted by Gasteiger charge is 2.40. The van der Waals surface area contributed by atoms with E-state index in [2.05, 4.69) is 46.8 Å². The first-order valence-corrected chi connectivity index (χ1v) is 14.1. The van der Waals surface area contributed by atoms with Gasteiger partial charge in [0.05, 0.1) is 30.6 Å². The van der Waals surface area contributed by atoms with Crippen LogP contribution in [0.25, 0.3) is 0 Å². The second-order valence-electron chi connectivity index (χ2n) is 11.8. The van der Waals surface area contributed by atoms with Crippen molar-refractivity contribution in [1.29, 1.82) is 0 Å². The second kappa shape index (κ2) is 10.4. The molecule has 4 heterocycles. The molecule has 2 aromatic rings. The number of nitrogen functional groups attached to an aromatic ring is 1. The number of ether oxygens (including phenoxy) is 3. The van der Waals surface area contributed by atoms with Crippen molar-refractivity contribution >= 4 is 17.2 Å². The first kappa shape index (κ1) is 24.9. The number of fused-ring (bicyclic) bond motifs is 1. The van der Waals surface area contributed by atoms with Crippen molar-refractivity contribution in [2.24, 2.45) is 5.92 Å². The Morgan fingerprint density at radius 3 is 2.65 bits per heavy atom. The predicted molar refractivity (Wildman–Crippen MR) is 144 cm³/mol. The molecule has 200 valence electrons. The van der Waals surface area contributed by atoms with Crippen LogP contribution in [0.4, 0.5) is 17.2 Å². The van der Waals surface area contributed by atoms with Crippen LogP contribution in [-0.4, -0.2) is 72.1 Å². The van der Waals surface area contributed by atoms with Crippen molar-refractivity contribution in [2.75, 3.05) is 50.1 Å².